The van der Waals surface area contributed by atoms with Crippen LogP contribution in [0.2, 0.25) is 4.34 Å². The van der Waals surface area contributed by atoms with Crippen molar-refractivity contribution < 1.29 is 32.3 Å². The molecule has 1 aromatic heterocycles. The van der Waals surface area contributed by atoms with Crippen molar-refractivity contribution in [2.45, 2.75) is 31.1 Å². The molecule has 13 heteroatoms. The molecule has 1 aliphatic heterocycles. The number of rotatable bonds is 8. The van der Waals surface area contributed by atoms with E-state index in [2.05, 4.69) is 10.6 Å². The predicted molar refractivity (Wildman–Crippen MR) is 129 cm³/mol. The molecule has 36 heavy (non-hydrogen) atoms. The third kappa shape index (κ3) is 6.17. The Morgan fingerprint density at radius 1 is 1.28 bits per heavy atom. The van der Waals surface area contributed by atoms with Gasteiger partial charge in [0.25, 0.3) is 11.8 Å². The number of alkyl halides is 3. The molecule has 0 radical (unpaired) electrons. The summed E-state index contributed by atoms with van der Waals surface area (Å²) in [5, 5.41) is 5.07. The van der Waals surface area contributed by atoms with E-state index in [0.29, 0.717) is 9.21 Å². The Kier molecular flexibility index (Phi) is 7.88. The van der Waals surface area contributed by atoms with Gasteiger partial charge in [-0.25, -0.2) is 0 Å². The van der Waals surface area contributed by atoms with Gasteiger partial charge in [-0.3, -0.25) is 19.3 Å². The fourth-order valence-electron chi connectivity index (χ4n) is 3.92. The van der Waals surface area contributed by atoms with E-state index in [4.69, 9.17) is 16.3 Å². The number of likely N-dealkylation sites (N-methyl/N-ethyl adjacent to an activating group) is 1. The van der Waals surface area contributed by atoms with Gasteiger partial charge < -0.3 is 20.3 Å². The number of hydrogen-bond acceptors (Lipinski definition) is 6. The number of nitrogens with zero attached hydrogens (tertiary/aromatic N) is 2. The first-order valence-electron chi connectivity index (χ1n) is 11.2. The lowest BCUT2D eigenvalue weighted by atomic mass is 10.1. The Morgan fingerprint density at radius 3 is 2.64 bits per heavy atom. The molecule has 0 spiro atoms. The first-order chi connectivity index (χ1) is 17.0. The number of halogens is 4. The van der Waals surface area contributed by atoms with E-state index >= 15 is 0 Å². The lowest BCUT2D eigenvalue weighted by Crippen LogP contribution is -2.50. The molecule has 194 valence electrons. The first kappa shape index (κ1) is 26.4. The van der Waals surface area contributed by atoms with E-state index in [1.54, 1.807) is 24.1 Å². The van der Waals surface area contributed by atoms with Crippen molar-refractivity contribution in [1.29, 1.82) is 0 Å². The van der Waals surface area contributed by atoms with Gasteiger partial charge in [0.05, 0.1) is 27.1 Å². The molecule has 4 rings (SSSR count). The first-order valence-corrected chi connectivity index (χ1v) is 12.4. The number of anilines is 2. The van der Waals surface area contributed by atoms with Crippen molar-refractivity contribution in [3.63, 3.8) is 0 Å². The Hall–Kier alpha value is -2.67. The van der Waals surface area contributed by atoms with Crippen LogP contribution in [0, 0.1) is 0 Å². The Bertz CT molecular complexity index is 1150. The van der Waals surface area contributed by atoms with Crippen molar-refractivity contribution in [2.24, 2.45) is 0 Å². The van der Waals surface area contributed by atoms with Crippen molar-refractivity contribution in [3.8, 4) is 0 Å². The minimum absolute atomic E-state index is 0.0714. The molecule has 2 N–H and O–H groups in total. The highest BCUT2D eigenvalue weighted by molar-refractivity contribution is 7.18. The van der Waals surface area contributed by atoms with Gasteiger partial charge in [-0.1, -0.05) is 11.6 Å². The zero-order valence-corrected chi connectivity index (χ0v) is 20.8. The Labute approximate surface area is 214 Å². The van der Waals surface area contributed by atoms with Crippen LogP contribution in [-0.2, 0) is 20.5 Å². The molecule has 2 aromatic rings. The van der Waals surface area contributed by atoms with Crippen LogP contribution in [-0.4, -0.2) is 68.1 Å². The van der Waals surface area contributed by atoms with Gasteiger partial charge in [0.15, 0.2) is 0 Å². The number of amides is 3. The van der Waals surface area contributed by atoms with Crippen molar-refractivity contribution in [3.05, 3.63) is 45.1 Å². The molecule has 2 heterocycles. The summed E-state index contributed by atoms with van der Waals surface area (Å²) in [7, 11) is 1.70. The molecule has 2 aliphatic rings. The molecule has 0 bridgehead atoms. The SMILES string of the molecule is CN(C1CC1)[C@@H](CNC(=O)c1ccc(Cl)s1)C(=O)Nc1ccc(N2CCOCC2=O)cc1C(F)(F)F. The van der Waals surface area contributed by atoms with Gasteiger partial charge in [-0.05, 0) is 50.2 Å². The van der Waals surface area contributed by atoms with Gasteiger partial charge in [0.1, 0.15) is 12.6 Å². The maximum Gasteiger partial charge on any atom is 0.418 e. The Balaban J connectivity index is 1.53. The molecule has 2 fully saturated rings. The lowest BCUT2D eigenvalue weighted by molar-refractivity contribution is -0.137. The summed E-state index contributed by atoms with van der Waals surface area (Å²) >= 11 is 6.96. The van der Waals surface area contributed by atoms with Crippen LogP contribution in [0.15, 0.2) is 30.3 Å². The summed E-state index contributed by atoms with van der Waals surface area (Å²) in [6.07, 6.45) is -3.08. The fourth-order valence-corrected chi connectivity index (χ4v) is 4.88. The quantitative estimate of drug-likeness (QED) is 0.530. The van der Waals surface area contributed by atoms with Gasteiger partial charge >= 0.3 is 6.18 Å². The molecular weight excluding hydrogens is 521 g/mol. The standard InChI is InChI=1S/C23H24ClF3N4O4S/c1-30(13-2-3-13)17(11-28-22(34)18-6-7-19(24)36-18)21(33)29-16-5-4-14(10-15(16)23(25,26)27)31-8-9-35-12-20(31)32/h4-7,10,13,17H,2-3,8-9,11-12H2,1H3,(H,28,34)(H,29,33)/t17-/m0/s1. The molecular formula is C23H24ClF3N4O4S. The van der Waals surface area contributed by atoms with E-state index in [9.17, 15) is 27.6 Å². The normalized spacial score (nSPS) is 17.3. The van der Waals surface area contributed by atoms with Crippen LogP contribution in [0.3, 0.4) is 0 Å². The van der Waals surface area contributed by atoms with Crippen molar-refractivity contribution >= 4 is 52.0 Å². The minimum Gasteiger partial charge on any atom is -0.370 e. The smallest absolute Gasteiger partial charge is 0.370 e. The molecule has 3 amide bonds. The van der Waals surface area contributed by atoms with Gasteiger partial charge in [-0.15, -0.1) is 11.3 Å². The second-order valence-electron chi connectivity index (χ2n) is 8.54. The van der Waals surface area contributed by atoms with E-state index in [-0.39, 0.29) is 38.0 Å². The summed E-state index contributed by atoms with van der Waals surface area (Å²) < 4.78 is 47.3. The summed E-state index contributed by atoms with van der Waals surface area (Å²) in [5.41, 5.74) is -1.43. The van der Waals surface area contributed by atoms with E-state index in [1.807, 2.05) is 0 Å². The second-order valence-corrected chi connectivity index (χ2v) is 10.3. The zero-order valence-electron chi connectivity index (χ0n) is 19.2. The molecule has 1 aliphatic carbocycles. The predicted octanol–water partition coefficient (Wildman–Crippen LogP) is 3.61. The highest BCUT2D eigenvalue weighted by atomic mass is 35.5. The fraction of sp³-hybridized carbons (Fsp3) is 0.435. The van der Waals surface area contributed by atoms with Crippen LogP contribution in [0.1, 0.15) is 28.1 Å². The van der Waals surface area contributed by atoms with Crippen LogP contribution in [0.5, 0.6) is 0 Å². The maximum atomic E-state index is 13.9. The Morgan fingerprint density at radius 2 is 2.03 bits per heavy atom. The number of nitrogens with one attached hydrogen (secondary N) is 2. The number of morpholine rings is 1. The number of ether oxygens (including phenoxy) is 1. The van der Waals surface area contributed by atoms with E-state index in [0.717, 1.165) is 36.3 Å². The highest BCUT2D eigenvalue weighted by Gasteiger charge is 2.38. The van der Waals surface area contributed by atoms with E-state index in [1.165, 1.54) is 11.0 Å². The average Bonchev–Trinajstić information content (AvgIpc) is 3.59. The molecule has 1 saturated carbocycles. The summed E-state index contributed by atoms with van der Waals surface area (Å²) in [5.74, 6) is -1.56. The number of carbonyl (C=O) groups excluding carboxylic acids is 3. The van der Waals surface area contributed by atoms with Crippen molar-refractivity contribution in [2.75, 3.05) is 43.6 Å². The van der Waals surface area contributed by atoms with Crippen LogP contribution in [0.4, 0.5) is 24.5 Å². The third-order valence-corrected chi connectivity index (χ3v) is 7.26. The molecule has 1 atom stereocenters. The number of carbonyl (C=O) groups is 3. The molecule has 8 nitrogen and oxygen atoms in total. The summed E-state index contributed by atoms with van der Waals surface area (Å²) in [6, 6.07) is 5.67. The second kappa shape index (κ2) is 10.8. The van der Waals surface area contributed by atoms with Crippen LogP contribution in [0.25, 0.3) is 0 Å². The molecule has 0 unspecified atom stereocenters. The lowest BCUT2D eigenvalue weighted by Gasteiger charge is -2.29. The third-order valence-electron chi connectivity index (χ3n) is 6.03. The van der Waals surface area contributed by atoms with Gasteiger partial charge in [-0.2, -0.15) is 13.2 Å². The van der Waals surface area contributed by atoms with Crippen LogP contribution < -0.4 is 15.5 Å². The number of hydrogen-bond donors (Lipinski definition) is 2. The van der Waals surface area contributed by atoms with Gasteiger partial charge in [0.2, 0.25) is 5.91 Å². The largest absolute Gasteiger partial charge is 0.418 e. The monoisotopic (exact) mass is 544 g/mol. The van der Waals surface area contributed by atoms with Crippen molar-refractivity contribution in [1.82, 2.24) is 10.2 Å². The number of thiophene rings is 1. The molecule has 1 aromatic carbocycles. The highest BCUT2D eigenvalue weighted by Crippen LogP contribution is 2.38. The van der Waals surface area contributed by atoms with E-state index < -0.39 is 41.2 Å². The average molecular weight is 545 g/mol. The zero-order chi connectivity index (χ0) is 26.0. The minimum atomic E-state index is -4.78. The summed E-state index contributed by atoms with van der Waals surface area (Å²) in [6.45, 7) is 0.0305. The number of benzene rings is 1. The topological polar surface area (TPSA) is 91.0 Å². The van der Waals surface area contributed by atoms with Gasteiger partial charge in [0, 0.05) is 24.8 Å². The maximum absolute atomic E-state index is 13.9. The summed E-state index contributed by atoms with van der Waals surface area (Å²) in [4.78, 5) is 41.1. The molecule has 1 saturated heterocycles. The van der Waals surface area contributed by atoms with Crippen LogP contribution >= 0.6 is 22.9 Å².